The summed E-state index contributed by atoms with van der Waals surface area (Å²) < 4.78 is 2.00. The molecule has 1 saturated heterocycles. The van der Waals surface area contributed by atoms with Crippen molar-refractivity contribution in [3.05, 3.63) is 18.0 Å². The fraction of sp³-hybridized carbons (Fsp3) is 0.667. The van der Waals surface area contributed by atoms with Crippen molar-refractivity contribution in [2.45, 2.75) is 58.5 Å². The maximum absolute atomic E-state index is 12.7. The van der Waals surface area contributed by atoms with Crippen LogP contribution in [0, 0.1) is 0 Å². The van der Waals surface area contributed by atoms with E-state index in [-0.39, 0.29) is 5.91 Å². The van der Waals surface area contributed by atoms with Crippen LogP contribution in [0.4, 0.5) is 5.69 Å². The summed E-state index contributed by atoms with van der Waals surface area (Å²) in [5.41, 5.74) is 7.27. The minimum absolute atomic E-state index is 0.138. The molecule has 2 N–H and O–H groups in total. The predicted octanol–water partition coefficient (Wildman–Crippen LogP) is 2.89. The number of amides is 1. The molecular formula is C15H25N3O. The molecule has 1 aliphatic heterocycles. The molecule has 2 rings (SSSR count). The van der Waals surface area contributed by atoms with Crippen molar-refractivity contribution < 1.29 is 4.79 Å². The lowest BCUT2D eigenvalue weighted by molar-refractivity contribution is 0.0686. The van der Waals surface area contributed by atoms with Crippen molar-refractivity contribution >= 4 is 11.6 Å². The lowest BCUT2D eigenvalue weighted by Gasteiger charge is -2.27. The van der Waals surface area contributed by atoms with Gasteiger partial charge in [0.25, 0.3) is 5.91 Å². The quantitative estimate of drug-likeness (QED) is 0.911. The molecule has 4 heteroatoms. The molecule has 19 heavy (non-hydrogen) atoms. The minimum atomic E-state index is 0.138. The second kappa shape index (κ2) is 6.13. The number of carbonyl (C=O) groups excluding carboxylic acids is 1. The average Bonchev–Trinajstić information content (AvgIpc) is 2.60. The maximum atomic E-state index is 12.7. The van der Waals surface area contributed by atoms with E-state index in [1.807, 2.05) is 21.7 Å². The number of rotatable bonds is 3. The van der Waals surface area contributed by atoms with Crippen LogP contribution in [0.15, 0.2) is 12.3 Å². The number of nitrogen functional groups attached to an aromatic ring is 1. The topological polar surface area (TPSA) is 51.3 Å². The lowest BCUT2D eigenvalue weighted by Crippen LogP contribution is -2.39. The van der Waals surface area contributed by atoms with Crippen LogP contribution in [-0.2, 0) is 6.54 Å². The van der Waals surface area contributed by atoms with Crippen LogP contribution >= 0.6 is 0 Å². The largest absolute Gasteiger partial charge is 0.397 e. The molecule has 0 bridgehead atoms. The Bertz CT molecular complexity index is 439. The first-order chi connectivity index (χ1) is 9.13. The fourth-order valence-electron chi connectivity index (χ4n) is 2.86. The molecule has 1 aromatic rings. The summed E-state index contributed by atoms with van der Waals surface area (Å²) in [4.78, 5) is 14.7. The van der Waals surface area contributed by atoms with Crippen LogP contribution in [0.5, 0.6) is 0 Å². The number of aryl methyl sites for hydroxylation is 1. The van der Waals surface area contributed by atoms with Crippen molar-refractivity contribution in [2.75, 3.05) is 12.3 Å². The molecule has 4 nitrogen and oxygen atoms in total. The highest BCUT2D eigenvalue weighted by Crippen LogP contribution is 2.21. The van der Waals surface area contributed by atoms with Gasteiger partial charge >= 0.3 is 0 Å². The first-order valence-corrected chi connectivity index (χ1v) is 7.40. The van der Waals surface area contributed by atoms with Crippen LogP contribution in [-0.4, -0.2) is 28.0 Å². The van der Waals surface area contributed by atoms with Gasteiger partial charge in [0.2, 0.25) is 0 Å². The summed E-state index contributed by atoms with van der Waals surface area (Å²) in [7, 11) is 0. The third kappa shape index (κ3) is 3.11. The van der Waals surface area contributed by atoms with Crippen LogP contribution in [0.25, 0.3) is 0 Å². The molecule has 1 fully saturated rings. The highest BCUT2D eigenvalue weighted by Gasteiger charge is 2.25. The molecule has 0 radical (unpaired) electrons. The summed E-state index contributed by atoms with van der Waals surface area (Å²) in [6, 6.07) is 2.15. The number of nitrogens with two attached hydrogens (primary N) is 1. The van der Waals surface area contributed by atoms with Gasteiger partial charge in [0.05, 0.1) is 5.69 Å². The first kappa shape index (κ1) is 14.0. The van der Waals surface area contributed by atoms with E-state index in [2.05, 4.69) is 13.8 Å². The molecule has 106 valence electrons. The van der Waals surface area contributed by atoms with E-state index in [0.717, 1.165) is 38.0 Å². The van der Waals surface area contributed by atoms with Crippen molar-refractivity contribution in [3.63, 3.8) is 0 Å². The van der Waals surface area contributed by atoms with Gasteiger partial charge < -0.3 is 15.2 Å². The number of likely N-dealkylation sites (tertiary alicyclic amines) is 1. The average molecular weight is 263 g/mol. The summed E-state index contributed by atoms with van der Waals surface area (Å²) in [6.07, 6.45) is 7.55. The molecule has 1 unspecified atom stereocenters. The second-order valence-corrected chi connectivity index (χ2v) is 5.55. The Morgan fingerprint density at radius 3 is 2.95 bits per heavy atom. The van der Waals surface area contributed by atoms with E-state index >= 15 is 0 Å². The number of carbonyl (C=O) groups is 1. The van der Waals surface area contributed by atoms with Crippen molar-refractivity contribution in [3.8, 4) is 0 Å². The number of nitrogens with zero attached hydrogens (tertiary/aromatic N) is 2. The second-order valence-electron chi connectivity index (χ2n) is 5.55. The van der Waals surface area contributed by atoms with Crippen molar-refractivity contribution in [2.24, 2.45) is 0 Å². The van der Waals surface area contributed by atoms with Crippen LogP contribution in [0.3, 0.4) is 0 Å². The third-order valence-electron chi connectivity index (χ3n) is 3.92. The van der Waals surface area contributed by atoms with Gasteiger partial charge in [-0.15, -0.1) is 0 Å². The molecule has 1 aliphatic rings. The molecule has 0 spiro atoms. The number of anilines is 1. The standard InChI is InChI=1S/C15H25N3O/c1-3-8-17-11-13(16)10-14(17)15(19)18-9-6-4-5-7-12(18)2/h10-12H,3-9,16H2,1-2H3. The zero-order chi connectivity index (χ0) is 13.8. The predicted molar refractivity (Wildman–Crippen MR) is 78.1 cm³/mol. The Morgan fingerprint density at radius 2 is 2.21 bits per heavy atom. The van der Waals surface area contributed by atoms with Crippen LogP contribution < -0.4 is 5.73 Å². The van der Waals surface area contributed by atoms with Gasteiger partial charge in [-0.3, -0.25) is 4.79 Å². The number of hydrogen-bond donors (Lipinski definition) is 1. The normalized spacial score (nSPS) is 20.3. The van der Waals surface area contributed by atoms with Crippen LogP contribution in [0.2, 0.25) is 0 Å². The van der Waals surface area contributed by atoms with Gasteiger partial charge in [0, 0.05) is 25.3 Å². The lowest BCUT2D eigenvalue weighted by atomic mass is 10.1. The smallest absolute Gasteiger partial charge is 0.270 e. The van der Waals surface area contributed by atoms with E-state index in [9.17, 15) is 4.79 Å². The van der Waals surface area contributed by atoms with Gasteiger partial charge in [-0.05, 0) is 32.3 Å². The summed E-state index contributed by atoms with van der Waals surface area (Å²) in [5, 5.41) is 0. The molecular weight excluding hydrogens is 238 g/mol. The first-order valence-electron chi connectivity index (χ1n) is 7.40. The van der Waals surface area contributed by atoms with E-state index in [4.69, 9.17) is 5.73 Å². The molecule has 1 amide bonds. The van der Waals surface area contributed by atoms with Crippen molar-refractivity contribution in [1.82, 2.24) is 9.47 Å². The Morgan fingerprint density at radius 1 is 1.42 bits per heavy atom. The maximum Gasteiger partial charge on any atom is 0.270 e. The Balaban J connectivity index is 2.22. The fourth-order valence-corrected chi connectivity index (χ4v) is 2.86. The Labute approximate surface area is 115 Å². The molecule has 0 aromatic carbocycles. The molecule has 2 heterocycles. The number of aromatic nitrogens is 1. The van der Waals surface area contributed by atoms with E-state index in [1.165, 1.54) is 12.8 Å². The third-order valence-corrected chi connectivity index (χ3v) is 3.92. The van der Waals surface area contributed by atoms with E-state index in [1.54, 1.807) is 0 Å². The van der Waals surface area contributed by atoms with Gasteiger partial charge in [0.1, 0.15) is 5.69 Å². The van der Waals surface area contributed by atoms with E-state index < -0.39 is 0 Å². The Hall–Kier alpha value is -1.45. The highest BCUT2D eigenvalue weighted by molar-refractivity contribution is 5.94. The molecule has 0 saturated carbocycles. The number of hydrogen-bond acceptors (Lipinski definition) is 2. The summed E-state index contributed by atoms with van der Waals surface area (Å²) >= 11 is 0. The van der Waals surface area contributed by atoms with Crippen LogP contribution in [0.1, 0.15) is 56.4 Å². The zero-order valence-electron chi connectivity index (χ0n) is 12.1. The molecule has 1 aromatic heterocycles. The zero-order valence-corrected chi connectivity index (χ0v) is 12.1. The summed E-state index contributed by atoms with van der Waals surface area (Å²) in [6.45, 7) is 5.98. The van der Waals surface area contributed by atoms with E-state index in [0.29, 0.717) is 11.7 Å². The van der Waals surface area contributed by atoms with Gasteiger partial charge in [0.15, 0.2) is 0 Å². The molecule has 1 atom stereocenters. The Kier molecular flexibility index (Phi) is 4.51. The minimum Gasteiger partial charge on any atom is -0.397 e. The SMILES string of the molecule is CCCn1cc(N)cc1C(=O)N1CCCCCC1C. The van der Waals surface area contributed by atoms with Gasteiger partial charge in [-0.1, -0.05) is 19.8 Å². The highest BCUT2D eigenvalue weighted by atomic mass is 16.2. The van der Waals surface area contributed by atoms with Gasteiger partial charge in [-0.25, -0.2) is 0 Å². The van der Waals surface area contributed by atoms with Gasteiger partial charge in [-0.2, -0.15) is 0 Å². The summed E-state index contributed by atoms with van der Waals surface area (Å²) in [5.74, 6) is 0.138. The molecule has 0 aliphatic carbocycles. The van der Waals surface area contributed by atoms with Crippen molar-refractivity contribution in [1.29, 1.82) is 0 Å². The monoisotopic (exact) mass is 263 g/mol.